The fourth-order valence-electron chi connectivity index (χ4n) is 2.33. The van der Waals surface area contributed by atoms with Crippen LogP contribution in [0.5, 0.6) is 0 Å². The van der Waals surface area contributed by atoms with Crippen molar-refractivity contribution in [2.45, 2.75) is 32.6 Å². The molecule has 0 atom stereocenters. The van der Waals surface area contributed by atoms with Gasteiger partial charge in [0.15, 0.2) is 0 Å². The third-order valence-corrected chi connectivity index (χ3v) is 3.59. The lowest BCUT2D eigenvalue weighted by Crippen LogP contribution is -2.13. The molecule has 1 aromatic heterocycles. The molecule has 1 N–H and O–H groups in total. The Morgan fingerprint density at radius 1 is 1.25 bits per heavy atom. The number of allylic oxidation sites excluding steroid dienone is 2. The lowest BCUT2D eigenvalue weighted by Gasteiger charge is -2.21. The lowest BCUT2D eigenvalue weighted by atomic mass is 9.90. The second-order valence-electron chi connectivity index (χ2n) is 4.18. The molecular weight excluding hydrogens is 264 g/mol. The van der Waals surface area contributed by atoms with Gasteiger partial charge in [0.05, 0.1) is 0 Å². The number of halogens is 1. The Labute approximate surface area is 105 Å². The summed E-state index contributed by atoms with van der Waals surface area (Å²) in [4.78, 5) is 4.47. The van der Waals surface area contributed by atoms with Crippen molar-refractivity contribution in [3.8, 4) is 0 Å². The van der Waals surface area contributed by atoms with Crippen LogP contribution in [0.4, 0.5) is 0 Å². The molecule has 3 heteroatoms. The molecule has 0 radical (unpaired) electrons. The van der Waals surface area contributed by atoms with Crippen LogP contribution < -0.4 is 5.32 Å². The number of rotatable bonds is 2. The quantitative estimate of drug-likeness (QED) is 0.837. The maximum atomic E-state index is 4.47. The van der Waals surface area contributed by atoms with Gasteiger partial charge in [-0.3, -0.25) is 0 Å². The van der Waals surface area contributed by atoms with Gasteiger partial charge < -0.3 is 5.32 Å². The first-order valence-corrected chi connectivity index (χ1v) is 6.55. The Balaban J connectivity index is 2.45. The average molecular weight is 281 g/mol. The third-order valence-electron chi connectivity index (χ3n) is 3.15. The Morgan fingerprint density at radius 2 is 2.00 bits per heavy atom. The summed E-state index contributed by atoms with van der Waals surface area (Å²) in [6.07, 6.45) is 4.92. The van der Waals surface area contributed by atoms with Crippen molar-refractivity contribution in [3.63, 3.8) is 0 Å². The van der Waals surface area contributed by atoms with Gasteiger partial charge in [0.1, 0.15) is 4.60 Å². The molecule has 0 saturated heterocycles. The third kappa shape index (κ3) is 2.29. The second kappa shape index (κ2) is 5.00. The van der Waals surface area contributed by atoms with Gasteiger partial charge in [-0.05, 0) is 60.2 Å². The van der Waals surface area contributed by atoms with Crippen LogP contribution >= 0.6 is 15.9 Å². The molecule has 86 valence electrons. The summed E-state index contributed by atoms with van der Waals surface area (Å²) >= 11 is 3.41. The van der Waals surface area contributed by atoms with Crippen LogP contribution in [0, 0.1) is 6.92 Å². The van der Waals surface area contributed by atoms with Gasteiger partial charge in [0.2, 0.25) is 0 Å². The molecule has 16 heavy (non-hydrogen) atoms. The standard InChI is InChI=1S/C13H17BrN2/c1-9-10(7-8-13(14)16-9)11-5-3-4-6-12(11)15-2/h7-8,15H,3-6H2,1-2H3. The van der Waals surface area contributed by atoms with Crippen molar-refractivity contribution in [1.82, 2.24) is 10.3 Å². The molecule has 0 aromatic carbocycles. The molecule has 1 heterocycles. The minimum absolute atomic E-state index is 0.913. The molecular formula is C13H17BrN2. The van der Waals surface area contributed by atoms with Gasteiger partial charge in [-0.15, -0.1) is 0 Å². The highest BCUT2D eigenvalue weighted by Crippen LogP contribution is 2.32. The molecule has 2 nitrogen and oxygen atoms in total. The van der Waals surface area contributed by atoms with Crippen molar-refractivity contribution in [2.24, 2.45) is 0 Å². The smallest absolute Gasteiger partial charge is 0.106 e. The molecule has 0 bridgehead atoms. The van der Waals surface area contributed by atoms with Crippen molar-refractivity contribution >= 4 is 21.5 Å². The van der Waals surface area contributed by atoms with Crippen molar-refractivity contribution in [1.29, 1.82) is 0 Å². The summed E-state index contributed by atoms with van der Waals surface area (Å²) < 4.78 is 0.913. The van der Waals surface area contributed by atoms with Crippen molar-refractivity contribution in [3.05, 3.63) is 33.7 Å². The molecule has 2 rings (SSSR count). The van der Waals surface area contributed by atoms with E-state index in [9.17, 15) is 0 Å². The monoisotopic (exact) mass is 280 g/mol. The minimum atomic E-state index is 0.913. The summed E-state index contributed by atoms with van der Waals surface area (Å²) in [6.45, 7) is 2.08. The van der Waals surface area contributed by atoms with Crippen LogP contribution in [0.15, 0.2) is 22.4 Å². The van der Waals surface area contributed by atoms with Crippen LogP contribution in [0.1, 0.15) is 36.9 Å². The van der Waals surface area contributed by atoms with Crippen molar-refractivity contribution in [2.75, 3.05) is 7.05 Å². The zero-order valence-corrected chi connectivity index (χ0v) is 11.4. The Hall–Kier alpha value is -0.830. The van der Waals surface area contributed by atoms with Gasteiger partial charge in [0.25, 0.3) is 0 Å². The van der Waals surface area contributed by atoms with E-state index in [4.69, 9.17) is 0 Å². The Morgan fingerprint density at radius 3 is 2.69 bits per heavy atom. The summed E-state index contributed by atoms with van der Waals surface area (Å²) in [7, 11) is 2.02. The Bertz CT molecular complexity index is 424. The van der Waals surface area contributed by atoms with Gasteiger partial charge >= 0.3 is 0 Å². The predicted molar refractivity (Wildman–Crippen MR) is 71.1 cm³/mol. The maximum Gasteiger partial charge on any atom is 0.106 e. The highest BCUT2D eigenvalue weighted by atomic mass is 79.9. The molecule has 0 amide bonds. The Kier molecular flexibility index (Phi) is 3.64. The highest BCUT2D eigenvalue weighted by molar-refractivity contribution is 9.10. The molecule has 1 aliphatic rings. The highest BCUT2D eigenvalue weighted by Gasteiger charge is 2.15. The van der Waals surface area contributed by atoms with E-state index in [2.05, 4.69) is 39.2 Å². The average Bonchev–Trinajstić information content (AvgIpc) is 2.29. The zero-order chi connectivity index (χ0) is 11.5. The van der Waals surface area contributed by atoms with Crippen LogP contribution in [-0.4, -0.2) is 12.0 Å². The fourth-order valence-corrected chi connectivity index (χ4v) is 2.73. The molecule has 0 unspecified atom stereocenters. The van der Waals surface area contributed by atoms with E-state index in [1.54, 1.807) is 0 Å². The first-order chi connectivity index (χ1) is 7.72. The van der Waals surface area contributed by atoms with Crippen molar-refractivity contribution < 1.29 is 0 Å². The van der Waals surface area contributed by atoms with E-state index < -0.39 is 0 Å². The maximum absolute atomic E-state index is 4.47. The number of aromatic nitrogens is 1. The number of hydrogen-bond donors (Lipinski definition) is 1. The predicted octanol–water partition coefficient (Wildman–Crippen LogP) is 3.66. The first-order valence-electron chi connectivity index (χ1n) is 5.75. The first kappa shape index (κ1) is 11.6. The van der Waals surface area contributed by atoms with E-state index in [1.807, 2.05) is 13.1 Å². The normalized spacial score (nSPS) is 16.4. The van der Waals surface area contributed by atoms with Gasteiger partial charge in [0, 0.05) is 24.0 Å². The lowest BCUT2D eigenvalue weighted by molar-refractivity contribution is 0.678. The van der Waals surface area contributed by atoms with Gasteiger partial charge in [-0.25, -0.2) is 4.98 Å². The number of hydrogen-bond acceptors (Lipinski definition) is 2. The SMILES string of the molecule is CNC1=C(c2ccc(Br)nc2C)CCCC1. The number of pyridine rings is 1. The fraction of sp³-hybridized carbons (Fsp3) is 0.462. The number of nitrogens with zero attached hydrogens (tertiary/aromatic N) is 1. The zero-order valence-electron chi connectivity index (χ0n) is 9.81. The molecule has 0 spiro atoms. The molecule has 0 aliphatic heterocycles. The van der Waals surface area contributed by atoms with E-state index in [1.165, 1.54) is 42.5 Å². The minimum Gasteiger partial charge on any atom is -0.391 e. The van der Waals surface area contributed by atoms with Gasteiger partial charge in [-0.1, -0.05) is 6.07 Å². The van der Waals surface area contributed by atoms with Crippen LogP contribution in [-0.2, 0) is 0 Å². The van der Waals surface area contributed by atoms with E-state index in [-0.39, 0.29) is 0 Å². The van der Waals surface area contributed by atoms with E-state index in [0.717, 1.165) is 10.3 Å². The molecule has 0 saturated carbocycles. The largest absolute Gasteiger partial charge is 0.391 e. The second-order valence-corrected chi connectivity index (χ2v) is 4.99. The summed E-state index contributed by atoms with van der Waals surface area (Å²) in [6, 6.07) is 4.20. The summed E-state index contributed by atoms with van der Waals surface area (Å²) in [5, 5.41) is 3.33. The molecule has 1 aromatic rings. The van der Waals surface area contributed by atoms with Crippen LogP contribution in [0.25, 0.3) is 5.57 Å². The summed E-state index contributed by atoms with van der Waals surface area (Å²) in [5.74, 6) is 0. The topological polar surface area (TPSA) is 24.9 Å². The van der Waals surface area contributed by atoms with Crippen LogP contribution in [0.2, 0.25) is 0 Å². The van der Waals surface area contributed by atoms with E-state index >= 15 is 0 Å². The number of nitrogens with one attached hydrogen (secondary N) is 1. The van der Waals surface area contributed by atoms with E-state index in [0.29, 0.717) is 0 Å². The molecule has 1 aliphatic carbocycles. The van der Waals surface area contributed by atoms with Crippen LogP contribution in [0.3, 0.4) is 0 Å². The van der Waals surface area contributed by atoms with Gasteiger partial charge in [-0.2, -0.15) is 0 Å². The number of aryl methyl sites for hydroxylation is 1. The summed E-state index contributed by atoms with van der Waals surface area (Å²) in [5.41, 5.74) is 5.25. The molecule has 0 fully saturated rings.